The van der Waals surface area contributed by atoms with Gasteiger partial charge in [0.05, 0.1) is 0 Å². The average Bonchev–Trinajstić information content (AvgIpc) is 2.81. The zero-order valence-electron chi connectivity index (χ0n) is 21.2. The van der Waals surface area contributed by atoms with Gasteiger partial charge in [0, 0.05) is 23.0 Å². The number of aliphatic hydroxyl groups excluding tert-OH is 2. The Kier molecular flexibility index (Phi) is 6.53. The molecule has 0 aliphatic heterocycles. The lowest BCUT2D eigenvalue weighted by Gasteiger charge is -2.66. The van der Waals surface area contributed by atoms with E-state index in [1.165, 1.54) is 38.2 Å². The van der Waals surface area contributed by atoms with Crippen LogP contribution in [0, 0.1) is 22.7 Å². The van der Waals surface area contributed by atoms with Crippen molar-refractivity contribution in [1.82, 2.24) is 0 Å². The Balaban J connectivity index is 2.56. The van der Waals surface area contributed by atoms with Crippen molar-refractivity contribution in [2.24, 2.45) is 22.7 Å². The lowest BCUT2D eigenvalue weighted by Crippen LogP contribution is -2.82. The van der Waals surface area contributed by atoms with Gasteiger partial charge in [0.2, 0.25) is 0 Å². The van der Waals surface area contributed by atoms with Crippen molar-refractivity contribution in [3.63, 3.8) is 0 Å². The van der Waals surface area contributed by atoms with Crippen molar-refractivity contribution in [2.75, 3.05) is 0 Å². The highest BCUT2D eigenvalue weighted by Crippen LogP contribution is 2.70. The summed E-state index contributed by atoms with van der Waals surface area (Å²) in [7, 11) is 0. The van der Waals surface area contributed by atoms with Crippen molar-refractivity contribution in [2.45, 2.75) is 52.7 Å². The number of allylic oxidation sites excluding steroid dienone is 9. The zero-order chi connectivity index (χ0) is 27.4. The predicted octanol–water partition coefficient (Wildman–Crippen LogP) is 2.94. The van der Waals surface area contributed by atoms with Gasteiger partial charge in [0.25, 0.3) is 0 Å². The molecule has 0 aromatic carbocycles. The van der Waals surface area contributed by atoms with Crippen LogP contribution >= 0.6 is 0 Å². The minimum absolute atomic E-state index is 0.360. The molecule has 192 valence electrons. The SMILES string of the molecule is C/C=C/C=C/C(=O)[C@]12C(=O)C(C)=C(O)[C@](C)(O)C1[C@H]1\C(=C(O)/C=C/C=C/C)C(=O)[C@]2(C)C(=O)[C@@]1(C)O. The molecular formula is C28H32O8. The fraction of sp³-hybridized carbons (Fsp3) is 0.429. The summed E-state index contributed by atoms with van der Waals surface area (Å²) >= 11 is 0. The molecule has 3 saturated carbocycles. The van der Waals surface area contributed by atoms with Crippen LogP contribution in [-0.2, 0) is 19.2 Å². The molecule has 4 aliphatic carbocycles. The van der Waals surface area contributed by atoms with Crippen molar-refractivity contribution >= 4 is 23.1 Å². The number of carbonyl (C=O) groups is 4. The van der Waals surface area contributed by atoms with Crippen LogP contribution in [0.1, 0.15) is 41.5 Å². The van der Waals surface area contributed by atoms with E-state index in [0.717, 1.165) is 19.9 Å². The van der Waals surface area contributed by atoms with Gasteiger partial charge in [0.15, 0.2) is 23.1 Å². The molecular weight excluding hydrogens is 464 g/mol. The summed E-state index contributed by atoms with van der Waals surface area (Å²) in [6.07, 6.45) is 11.4. The molecule has 8 heteroatoms. The monoisotopic (exact) mass is 496 g/mol. The Hall–Kier alpha value is -3.36. The third-order valence-corrected chi connectivity index (χ3v) is 8.03. The van der Waals surface area contributed by atoms with Crippen LogP contribution < -0.4 is 0 Å². The molecule has 4 N–H and O–H groups in total. The zero-order valence-corrected chi connectivity index (χ0v) is 21.2. The molecule has 0 heterocycles. The molecule has 4 aliphatic rings. The van der Waals surface area contributed by atoms with Gasteiger partial charge >= 0.3 is 0 Å². The number of rotatable bonds is 5. The highest BCUT2D eigenvalue weighted by atomic mass is 16.3. The van der Waals surface area contributed by atoms with E-state index in [1.807, 2.05) is 0 Å². The molecule has 6 atom stereocenters. The molecule has 0 saturated heterocycles. The van der Waals surface area contributed by atoms with E-state index in [2.05, 4.69) is 0 Å². The summed E-state index contributed by atoms with van der Waals surface area (Å²) in [5.74, 6) is -8.63. The quantitative estimate of drug-likeness (QED) is 0.196. The Labute approximate surface area is 209 Å². The van der Waals surface area contributed by atoms with Crippen molar-refractivity contribution in [1.29, 1.82) is 0 Å². The van der Waals surface area contributed by atoms with Crippen LogP contribution in [-0.4, -0.2) is 54.8 Å². The lowest BCUT2D eigenvalue weighted by molar-refractivity contribution is -0.222. The molecule has 0 radical (unpaired) electrons. The number of aliphatic hydroxyl groups is 4. The van der Waals surface area contributed by atoms with E-state index in [0.29, 0.717) is 0 Å². The first-order valence-corrected chi connectivity index (χ1v) is 11.7. The highest BCUT2D eigenvalue weighted by Gasteiger charge is 2.85. The standard InChI is InChI=1S/C28H32O8/c1-7-9-11-13-16(29)18-19-20-27(6,36)21(31)15(3)22(32)28(20,17(30)14-12-10-8-2)25(4,23(18)33)24(34)26(19,5)35/h7-14,19-20,29,31,35-36H,1-6H3/b9-7+,10-8+,13-11+,14-12+,18-16-/t19-,20?,25-,26+,27-,28-/m1/s1. The van der Waals surface area contributed by atoms with Gasteiger partial charge in [-0.1, -0.05) is 36.5 Å². The third-order valence-electron chi connectivity index (χ3n) is 8.03. The van der Waals surface area contributed by atoms with Gasteiger partial charge in [-0.05, 0) is 53.7 Å². The smallest absolute Gasteiger partial charge is 0.179 e. The molecule has 0 spiro atoms. The second-order valence-corrected chi connectivity index (χ2v) is 10.1. The first kappa shape index (κ1) is 27.2. The molecule has 0 aromatic heterocycles. The van der Waals surface area contributed by atoms with E-state index in [1.54, 1.807) is 32.1 Å². The van der Waals surface area contributed by atoms with Crippen molar-refractivity contribution < 1.29 is 39.6 Å². The third kappa shape index (κ3) is 3.07. The van der Waals surface area contributed by atoms with Gasteiger partial charge in [-0.2, -0.15) is 0 Å². The summed E-state index contributed by atoms with van der Waals surface area (Å²) in [6, 6.07) is 0. The Morgan fingerprint density at radius 2 is 1.39 bits per heavy atom. The molecule has 36 heavy (non-hydrogen) atoms. The van der Waals surface area contributed by atoms with E-state index in [-0.39, 0.29) is 5.57 Å². The molecule has 4 rings (SSSR count). The summed E-state index contributed by atoms with van der Waals surface area (Å²) in [6.45, 7) is 8.03. The minimum Gasteiger partial charge on any atom is -0.509 e. The van der Waals surface area contributed by atoms with Gasteiger partial charge in [-0.3, -0.25) is 19.2 Å². The molecule has 2 bridgehead atoms. The largest absolute Gasteiger partial charge is 0.509 e. The van der Waals surface area contributed by atoms with E-state index in [9.17, 15) is 39.6 Å². The Morgan fingerprint density at radius 1 is 0.861 bits per heavy atom. The number of hydrogen-bond acceptors (Lipinski definition) is 8. The maximum absolute atomic E-state index is 14.0. The topological polar surface area (TPSA) is 149 Å². The van der Waals surface area contributed by atoms with Gasteiger partial charge in [-0.15, -0.1) is 0 Å². The molecule has 1 unspecified atom stereocenters. The number of carbonyl (C=O) groups excluding carboxylic acids is 4. The first-order chi connectivity index (χ1) is 16.6. The minimum atomic E-state index is -2.49. The number of hydrogen-bond donors (Lipinski definition) is 4. The van der Waals surface area contributed by atoms with Gasteiger partial charge in [0.1, 0.15) is 33.6 Å². The number of ketones is 4. The summed E-state index contributed by atoms with van der Waals surface area (Å²) in [4.78, 5) is 55.7. The van der Waals surface area contributed by atoms with E-state index < -0.39 is 74.1 Å². The summed E-state index contributed by atoms with van der Waals surface area (Å²) in [5, 5.41) is 44.9. The van der Waals surface area contributed by atoms with Crippen molar-refractivity contribution in [3.8, 4) is 0 Å². The normalized spacial score (nSPS) is 40.4. The second kappa shape index (κ2) is 8.64. The van der Waals surface area contributed by atoms with Crippen LogP contribution in [0.2, 0.25) is 0 Å². The number of Topliss-reactive ketones (excluding diaryl/α,β-unsaturated/α-hetero) is 3. The lowest BCUT2D eigenvalue weighted by atomic mass is 9.32. The molecule has 8 nitrogen and oxygen atoms in total. The molecule has 3 fully saturated rings. The van der Waals surface area contributed by atoms with Crippen LogP contribution in [0.4, 0.5) is 0 Å². The first-order valence-electron chi connectivity index (χ1n) is 11.7. The van der Waals surface area contributed by atoms with E-state index in [4.69, 9.17) is 0 Å². The second-order valence-electron chi connectivity index (χ2n) is 10.1. The van der Waals surface area contributed by atoms with Gasteiger partial charge < -0.3 is 20.4 Å². The van der Waals surface area contributed by atoms with Crippen LogP contribution in [0.3, 0.4) is 0 Å². The fourth-order valence-electron chi connectivity index (χ4n) is 6.42. The predicted molar refractivity (Wildman–Crippen MR) is 132 cm³/mol. The fourth-order valence-corrected chi connectivity index (χ4v) is 6.42. The molecule has 0 amide bonds. The number of fused-ring (bicyclic) bond motifs is 2. The Morgan fingerprint density at radius 3 is 1.92 bits per heavy atom. The maximum Gasteiger partial charge on any atom is 0.179 e. The Bertz CT molecular complexity index is 1240. The van der Waals surface area contributed by atoms with Crippen LogP contribution in [0.5, 0.6) is 0 Å². The summed E-state index contributed by atoms with van der Waals surface area (Å²) in [5.41, 5.74) is -10.4. The van der Waals surface area contributed by atoms with E-state index >= 15 is 0 Å². The summed E-state index contributed by atoms with van der Waals surface area (Å²) < 4.78 is 0. The van der Waals surface area contributed by atoms with Crippen LogP contribution in [0.25, 0.3) is 0 Å². The maximum atomic E-state index is 14.0. The van der Waals surface area contributed by atoms with Crippen molar-refractivity contribution in [3.05, 3.63) is 71.3 Å². The average molecular weight is 497 g/mol. The molecule has 0 aromatic rings. The van der Waals surface area contributed by atoms with Crippen LogP contribution in [0.15, 0.2) is 71.3 Å². The highest BCUT2D eigenvalue weighted by molar-refractivity contribution is 6.33. The van der Waals surface area contributed by atoms with Gasteiger partial charge in [-0.25, -0.2) is 0 Å².